The zero-order valence-corrected chi connectivity index (χ0v) is 17.6. The number of piperidine rings is 1. The van der Waals surface area contributed by atoms with Crippen molar-refractivity contribution in [2.75, 3.05) is 13.1 Å². The molecule has 2 aromatic heterocycles. The van der Waals surface area contributed by atoms with Crippen LogP contribution in [-0.4, -0.2) is 48.3 Å². The Morgan fingerprint density at radius 1 is 1.17 bits per heavy atom. The van der Waals surface area contributed by atoms with Crippen LogP contribution in [0.3, 0.4) is 0 Å². The molecule has 0 unspecified atom stereocenters. The molecule has 154 valence electrons. The molecule has 1 saturated heterocycles. The van der Waals surface area contributed by atoms with Crippen molar-refractivity contribution in [3.05, 3.63) is 51.9 Å². The summed E-state index contributed by atoms with van der Waals surface area (Å²) in [7, 11) is 0. The number of hydrogen-bond donors (Lipinski definition) is 3. The lowest BCUT2D eigenvalue weighted by molar-refractivity contribution is -0.00767. The van der Waals surface area contributed by atoms with E-state index in [4.69, 9.17) is 28.2 Å². The molecular weight excluding hydrogens is 413 g/mol. The van der Waals surface area contributed by atoms with Gasteiger partial charge in [-0.3, -0.25) is 4.90 Å². The van der Waals surface area contributed by atoms with E-state index in [9.17, 15) is 15.3 Å². The van der Waals surface area contributed by atoms with Gasteiger partial charge in [-0.2, -0.15) is 0 Å². The lowest BCUT2D eigenvalue weighted by atomic mass is 9.94. The van der Waals surface area contributed by atoms with Crippen LogP contribution in [0.5, 0.6) is 5.75 Å². The molecule has 0 spiro atoms. The first-order chi connectivity index (χ1) is 13.8. The molecule has 0 bridgehead atoms. The Bertz CT molecular complexity index is 1050. The number of aromatic hydroxyl groups is 1. The highest BCUT2D eigenvalue weighted by Gasteiger charge is 2.28. The van der Waals surface area contributed by atoms with Crippen LogP contribution >= 0.6 is 23.2 Å². The molecule has 3 heterocycles. The van der Waals surface area contributed by atoms with Gasteiger partial charge in [-0.1, -0.05) is 23.2 Å². The van der Waals surface area contributed by atoms with Crippen molar-refractivity contribution in [2.24, 2.45) is 0 Å². The SMILES string of the molecule is CC1(O)CCN(Cc2nc3cc(-c4c(O)ccc(Cl)c4Cl)ccn3c2CO)CC1. The van der Waals surface area contributed by atoms with Crippen molar-refractivity contribution in [3.63, 3.8) is 0 Å². The Balaban J connectivity index is 1.69. The number of aliphatic hydroxyl groups is 2. The number of fused-ring (bicyclic) bond motifs is 1. The van der Waals surface area contributed by atoms with E-state index in [0.717, 1.165) is 24.5 Å². The van der Waals surface area contributed by atoms with Crippen LogP contribution in [-0.2, 0) is 13.2 Å². The first-order valence-corrected chi connectivity index (χ1v) is 10.3. The molecular formula is C21H23Cl2N3O3. The number of aliphatic hydroxyl groups excluding tert-OH is 1. The zero-order valence-electron chi connectivity index (χ0n) is 16.1. The maximum Gasteiger partial charge on any atom is 0.137 e. The first kappa shape index (κ1) is 20.4. The molecule has 1 aliphatic heterocycles. The highest BCUT2D eigenvalue weighted by Crippen LogP contribution is 2.40. The number of pyridine rings is 1. The predicted molar refractivity (Wildman–Crippen MR) is 113 cm³/mol. The highest BCUT2D eigenvalue weighted by molar-refractivity contribution is 6.44. The molecule has 3 N–H and O–H groups in total. The number of phenols is 1. The number of halogens is 2. The molecule has 8 heteroatoms. The monoisotopic (exact) mass is 435 g/mol. The Kier molecular flexibility index (Phi) is 5.48. The molecule has 6 nitrogen and oxygen atoms in total. The minimum atomic E-state index is -0.609. The predicted octanol–water partition coefficient (Wildman–Crippen LogP) is 3.85. The van der Waals surface area contributed by atoms with Crippen LogP contribution in [0.4, 0.5) is 0 Å². The number of nitrogens with zero attached hydrogens (tertiary/aromatic N) is 3. The molecule has 3 aromatic rings. The van der Waals surface area contributed by atoms with Crippen molar-refractivity contribution in [1.82, 2.24) is 14.3 Å². The molecule has 4 rings (SSSR count). The van der Waals surface area contributed by atoms with Gasteiger partial charge in [0.15, 0.2) is 0 Å². The van der Waals surface area contributed by atoms with E-state index in [1.807, 2.05) is 29.7 Å². The van der Waals surface area contributed by atoms with Crippen molar-refractivity contribution in [2.45, 2.75) is 38.5 Å². The summed E-state index contributed by atoms with van der Waals surface area (Å²) in [5.41, 5.74) is 2.72. The summed E-state index contributed by atoms with van der Waals surface area (Å²) >= 11 is 12.4. The van der Waals surface area contributed by atoms with Gasteiger partial charge in [0.25, 0.3) is 0 Å². The van der Waals surface area contributed by atoms with E-state index >= 15 is 0 Å². The lowest BCUT2D eigenvalue weighted by Gasteiger charge is -2.35. The van der Waals surface area contributed by atoms with Gasteiger partial charge in [-0.05, 0) is 49.6 Å². The van der Waals surface area contributed by atoms with Gasteiger partial charge in [-0.25, -0.2) is 4.98 Å². The van der Waals surface area contributed by atoms with Crippen LogP contribution in [0, 0.1) is 0 Å². The molecule has 0 atom stereocenters. The number of phenolic OH excluding ortho intramolecular Hbond substituents is 1. The maximum absolute atomic E-state index is 10.3. The van der Waals surface area contributed by atoms with Gasteiger partial charge in [0, 0.05) is 31.4 Å². The fourth-order valence-corrected chi connectivity index (χ4v) is 4.24. The lowest BCUT2D eigenvalue weighted by Crippen LogP contribution is -2.42. The summed E-state index contributed by atoms with van der Waals surface area (Å²) in [4.78, 5) is 6.96. The Labute approximate surface area is 178 Å². The maximum atomic E-state index is 10.3. The third-order valence-corrected chi connectivity index (χ3v) is 6.43. The van der Waals surface area contributed by atoms with E-state index in [1.165, 1.54) is 6.07 Å². The van der Waals surface area contributed by atoms with Gasteiger partial charge in [0.1, 0.15) is 11.4 Å². The number of likely N-dealkylation sites (tertiary alicyclic amines) is 1. The van der Waals surface area contributed by atoms with E-state index in [2.05, 4.69) is 4.90 Å². The summed E-state index contributed by atoms with van der Waals surface area (Å²) in [6.45, 7) is 3.90. The van der Waals surface area contributed by atoms with Gasteiger partial charge in [-0.15, -0.1) is 0 Å². The van der Waals surface area contributed by atoms with E-state index in [1.54, 1.807) is 6.07 Å². The second-order valence-corrected chi connectivity index (χ2v) is 8.62. The summed E-state index contributed by atoms with van der Waals surface area (Å²) in [5.74, 6) is 0.0401. The van der Waals surface area contributed by atoms with E-state index in [-0.39, 0.29) is 17.4 Å². The number of imidazole rings is 1. The van der Waals surface area contributed by atoms with Crippen molar-refractivity contribution in [3.8, 4) is 16.9 Å². The molecule has 0 aliphatic carbocycles. The fourth-order valence-electron chi connectivity index (χ4n) is 3.81. The van der Waals surface area contributed by atoms with E-state index < -0.39 is 5.60 Å². The Morgan fingerprint density at radius 3 is 2.59 bits per heavy atom. The van der Waals surface area contributed by atoms with Crippen LogP contribution in [0.15, 0.2) is 30.5 Å². The average molecular weight is 436 g/mol. The second kappa shape index (κ2) is 7.78. The third kappa shape index (κ3) is 3.96. The number of benzene rings is 1. The fraction of sp³-hybridized carbons (Fsp3) is 0.381. The molecule has 1 fully saturated rings. The Hall–Kier alpha value is -1.83. The van der Waals surface area contributed by atoms with Crippen LogP contribution in [0.2, 0.25) is 10.0 Å². The molecule has 0 saturated carbocycles. The van der Waals surface area contributed by atoms with Crippen LogP contribution < -0.4 is 0 Å². The van der Waals surface area contributed by atoms with Gasteiger partial charge in [0.05, 0.1) is 33.6 Å². The summed E-state index contributed by atoms with van der Waals surface area (Å²) in [5, 5.41) is 31.0. The molecule has 0 amide bonds. The summed E-state index contributed by atoms with van der Waals surface area (Å²) in [6.07, 6.45) is 3.24. The van der Waals surface area contributed by atoms with E-state index in [0.29, 0.717) is 41.2 Å². The minimum absolute atomic E-state index is 0.0401. The van der Waals surface area contributed by atoms with Crippen LogP contribution in [0.1, 0.15) is 31.2 Å². The number of hydrogen-bond acceptors (Lipinski definition) is 5. The topological polar surface area (TPSA) is 81.2 Å². The van der Waals surface area contributed by atoms with Crippen molar-refractivity contribution in [1.29, 1.82) is 0 Å². The first-order valence-electron chi connectivity index (χ1n) is 9.52. The molecule has 1 aliphatic rings. The molecule has 1 aromatic carbocycles. The van der Waals surface area contributed by atoms with Gasteiger partial charge >= 0.3 is 0 Å². The second-order valence-electron chi connectivity index (χ2n) is 7.84. The standard InChI is InChI=1S/C21H23Cl2N3O3/c1-21(29)5-8-25(9-6-21)11-15-16(12-27)26-7-4-13(10-18(26)24-15)19-17(28)3-2-14(22)20(19)23/h2-4,7,10,27-29H,5-6,8-9,11-12H2,1H3. The van der Waals surface area contributed by atoms with Crippen molar-refractivity contribution < 1.29 is 15.3 Å². The normalized spacial score (nSPS) is 17.1. The van der Waals surface area contributed by atoms with Gasteiger partial charge < -0.3 is 19.7 Å². The Morgan fingerprint density at radius 2 is 1.90 bits per heavy atom. The molecule has 29 heavy (non-hydrogen) atoms. The third-order valence-electron chi connectivity index (χ3n) is 5.63. The van der Waals surface area contributed by atoms with Crippen LogP contribution in [0.25, 0.3) is 16.8 Å². The smallest absolute Gasteiger partial charge is 0.137 e. The number of rotatable bonds is 4. The van der Waals surface area contributed by atoms with Crippen molar-refractivity contribution >= 4 is 28.8 Å². The van der Waals surface area contributed by atoms with Gasteiger partial charge in [0.2, 0.25) is 0 Å². The highest BCUT2D eigenvalue weighted by atomic mass is 35.5. The summed E-state index contributed by atoms with van der Waals surface area (Å²) < 4.78 is 1.84. The zero-order chi connectivity index (χ0) is 20.8. The number of aromatic nitrogens is 2. The molecule has 0 radical (unpaired) electrons. The average Bonchev–Trinajstić information content (AvgIpc) is 3.03. The summed E-state index contributed by atoms with van der Waals surface area (Å²) in [6, 6.07) is 6.69. The quantitative estimate of drug-likeness (QED) is 0.579. The largest absolute Gasteiger partial charge is 0.507 e. The minimum Gasteiger partial charge on any atom is -0.507 e.